The highest BCUT2D eigenvalue weighted by atomic mass is 35.5. The zero-order chi connectivity index (χ0) is 44.0. The van der Waals surface area contributed by atoms with Crippen LogP contribution in [-0.2, 0) is 4.74 Å². The maximum atomic E-state index is 11.4. The van der Waals surface area contributed by atoms with Crippen molar-refractivity contribution < 1.29 is 36.4 Å². The Bertz CT molecular complexity index is 2650. The second kappa shape index (κ2) is 20.6. The second-order valence-electron chi connectivity index (χ2n) is 16.4. The SMILES string of the molecule is CC(C)c1cccc(C(C)C)c1-n1cc[n+](-c2c(C(C)C)cccc2C(C)C)c1.COC(=O)c1ccc(Cl)c2[nH]ccc12.O=C(O)c1ccc(-c2ccccc2)c2[nH]ccc12.[Cl-]. The number of imidazole rings is 1. The quantitative estimate of drug-likeness (QED) is 0.0993. The van der Waals surface area contributed by atoms with Crippen LogP contribution in [0, 0.1) is 0 Å². The molecule has 3 heterocycles. The number of carbonyl (C=O) groups is 2. The molecule has 0 fully saturated rings. The van der Waals surface area contributed by atoms with Crippen molar-refractivity contribution in [2.45, 2.75) is 79.1 Å². The number of nitrogens with one attached hydrogen (secondary N) is 2. The first kappa shape index (κ1) is 47.0. The van der Waals surface area contributed by atoms with E-state index in [1.54, 1.807) is 42.7 Å². The average molecular weight is 872 g/mol. The van der Waals surface area contributed by atoms with Crippen molar-refractivity contribution in [2.24, 2.45) is 0 Å². The average Bonchev–Trinajstić information content (AvgIpc) is 4.06. The zero-order valence-corrected chi connectivity index (χ0v) is 38.3. The Hall–Kier alpha value is -6.09. The molecule has 3 N–H and O–H groups in total. The number of carbonyl (C=O) groups excluding carboxylic acids is 1. The summed E-state index contributed by atoms with van der Waals surface area (Å²) in [6.45, 7) is 18.3. The predicted octanol–water partition coefficient (Wildman–Crippen LogP) is 10.4. The van der Waals surface area contributed by atoms with Gasteiger partial charge in [-0.1, -0.05) is 140 Å². The van der Waals surface area contributed by atoms with E-state index in [-0.39, 0.29) is 18.4 Å². The Labute approximate surface area is 376 Å². The molecule has 0 aliphatic heterocycles. The number of methoxy groups -OCH3 is 1. The van der Waals surface area contributed by atoms with Gasteiger partial charge in [0.15, 0.2) is 0 Å². The number of carboxylic acid groups (broad SMARTS) is 1. The highest BCUT2D eigenvalue weighted by Crippen LogP contribution is 2.33. The summed E-state index contributed by atoms with van der Waals surface area (Å²) in [6.07, 6.45) is 10.2. The Balaban J connectivity index is 0.000000188. The standard InChI is InChI=1S/C27H37N2.C15H11NO2.C10H8ClNO2.ClH/c1-18(2)22-11-9-12-23(19(3)4)26(22)28-15-16-29(17-28)27-24(20(5)6)13-10-14-25(27)21(7)8;17-15(18)13-7-6-11(10-4-2-1-3-5-10)14-12(13)8-9-16-14;1-14-10(13)7-2-3-8(11)9-6(7)4-5-12-9;/h9-21H,1-8H3;1-9,16H,(H,17,18);2-5,12H,1H3;1H/q+1;;;/p-1. The number of hydrogen-bond acceptors (Lipinski definition) is 3. The van der Waals surface area contributed by atoms with Crippen molar-refractivity contribution in [1.82, 2.24) is 14.5 Å². The third-order valence-electron chi connectivity index (χ3n) is 11.0. The van der Waals surface area contributed by atoms with Crippen LogP contribution in [0.2, 0.25) is 5.02 Å². The van der Waals surface area contributed by atoms with E-state index in [0.717, 1.165) is 32.9 Å². The van der Waals surface area contributed by atoms with Crippen molar-refractivity contribution >= 4 is 45.3 Å². The summed E-state index contributed by atoms with van der Waals surface area (Å²) in [5.41, 5.74) is 12.8. The minimum absolute atomic E-state index is 0. The van der Waals surface area contributed by atoms with Gasteiger partial charge in [-0.15, -0.1) is 0 Å². The molecule has 0 atom stereocenters. The van der Waals surface area contributed by atoms with E-state index < -0.39 is 5.97 Å². The van der Waals surface area contributed by atoms with Gasteiger partial charge in [0.05, 0.1) is 34.3 Å². The first-order valence-corrected chi connectivity index (χ1v) is 21.2. The molecule has 3 aromatic heterocycles. The summed E-state index contributed by atoms with van der Waals surface area (Å²) < 4.78 is 9.31. The largest absolute Gasteiger partial charge is 1.00 e. The number of fused-ring (bicyclic) bond motifs is 2. The molecular weight excluding hydrogens is 816 g/mol. The molecule has 322 valence electrons. The molecule has 62 heavy (non-hydrogen) atoms. The lowest BCUT2D eigenvalue weighted by atomic mass is 9.92. The molecule has 0 saturated carbocycles. The molecule has 8 rings (SSSR count). The third kappa shape index (κ3) is 9.99. The molecular formula is C52H56Cl2N4O4. The molecule has 0 unspecified atom stereocenters. The van der Waals surface area contributed by atoms with Crippen LogP contribution < -0.4 is 17.0 Å². The number of H-pyrrole nitrogens is 2. The van der Waals surface area contributed by atoms with E-state index in [4.69, 9.17) is 16.7 Å². The first-order chi connectivity index (χ1) is 29.2. The van der Waals surface area contributed by atoms with Crippen LogP contribution >= 0.6 is 11.6 Å². The van der Waals surface area contributed by atoms with E-state index in [0.29, 0.717) is 39.8 Å². The van der Waals surface area contributed by atoms with Gasteiger partial charge in [-0.3, -0.25) is 0 Å². The van der Waals surface area contributed by atoms with Crippen LogP contribution in [0.25, 0.3) is 44.3 Å². The van der Waals surface area contributed by atoms with Gasteiger partial charge in [-0.05, 0) is 59.6 Å². The van der Waals surface area contributed by atoms with Crippen LogP contribution in [0.4, 0.5) is 0 Å². The number of aromatic amines is 2. The predicted molar refractivity (Wildman–Crippen MR) is 249 cm³/mol. The maximum absolute atomic E-state index is 11.4. The molecule has 0 amide bonds. The topological polar surface area (TPSA) is 104 Å². The fraction of sp³-hybridized carbons (Fsp3) is 0.250. The number of esters is 1. The molecule has 0 aliphatic carbocycles. The Morgan fingerprint density at radius 1 is 0.645 bits per heavy atom. The van der Waals surface area contributed by atoms with Crippen molar-refractivity contribution in [1.29, 1.82) is 0 Å². The molecule has 0 saturated heterocycles. The van der Waals surface area contributed by atoms with E-state index in [1.807, 2.05) is 36.4 Å². The van der Waals surface area contributed by atoms with Gasteiger partial charge in [0.2, 0.25) is 0 Å². The summed E-state index contributed by atoms with van der Waals surface area (Å²) in [4.78, 5) is 28.6. The number of aromatic nitrogens is 4. The van der Waals surface area contributed by atoms with Crippen LogP contribution in [-0.4, -0.2) is 38.7 Å². The van der Waals surface area contributed by atoms with Gasteiger partial charge in [-0.25, -0.2) is 18.7 Å². The second-order valence-corrected chi connectivity index (χ2v) is 16.8. The number of benzene rings is 5. The molecule has 0 aliphatic rings. The van der Waals surface area contributed by atoms with Gasteiger partial charge in [-0.2, -0.15) is 0 Å². The molecule has 0 spiro atoms. The number of aromatic carboxylic acids is 1. The van der Waals surface area contributed by atoms with E-state index >= 15 is 0 Å². The van der Waals surface area contributed by atoms with E-state index in [9.17, 15) is 9.59 Å². The monoisotopic (exact) mass is 870 g/mol. The first-order valence-electron chi connectivity index (χ1n) is 20.8. The van der Waals surface area contributed by atoms with Gasteiger partial charge >= 0.3 is 11.9 Å². The minimum Gasteiger partial charge on any atom is -1.00 e. The normalized spacial score (nSPS) is 11.1. The molecule has 0 bridgehead atoms. The number of ether oxygens (including phenoxy) is 1. The van der Waals surface area contributed by atoms with Crippen molar-refractivity contribution in [3.63, 3.8) is 0 Å². The molecule has 8 aromatic rings. The zero-order valence-electron chi connectivity index (χ0n) is 36.8. The lowest BCUT2D eigenvalue weighted by Crippen LogP contribution is -3.00. The lowest BCUT2D eigenvalue weighted by molar-refractivity contribution is -0.596. The maximum Gasteiger partial charge on any atom is 0.338 e. The smallest absolute Gasteiger partial charge is 0.338 e. The van der Waals surface area contributed by atoms with Gasteiger partial charge in [0.1, 0.15) is 23.8 Å². The summed E-state index contributed by atoms with van der Waals surface area (Å²) in [5.74, 6) is 0.662. The molecule has 8 nitrogen and oxygen atoms in total. The van der Waals surface area contributed by atoms with Gasteiger partial charge in [0, 0.05) is 51.0 Å². The number of nitrogens with zero attached hydrogens (tertiary/aromatic N) is 2. The van der Waals surface area contributed by atoms with Gasteiger partial charge < -0.3 is 32.2 Å². The number of hydrogen-bond donors (Lipinski definition) is 3. The van der Waals surface area contributed by atoms with Crippen LogP contribution in [0.3, 0.4) is 0 Å². The van der Waals surface area contributed by atoms with Crippen molar-refractivity contribution in [3.05, 3.63) is 173 Å². The van der Waals surface area contributed by atoms with E-state index in [2.05, 4.69) is 134 Å². The highest BCUT2D eigenvalue weighted by Gasteiger charge is 2.24. The minimum atomic E-state index is -0.904. The lowest BCUT2D eigenvalue weighted by Gasteiger charge is -2.17. The van der Waals surface area contributed by atoms with Crippen LogP contribution in [0.1, 0.15) is 122 Å². The molecule has 10 heteroatoms. The highest BCUT2D eigenvalue weighted by molar-refractivity contribution is 6.35. The van der Waals surface area contributed by atoms with E-state index in [1.165, 1.54) is 40.7 Å². The summed E-state index contributed by atoms with van der Waals surface area (Å²) in [5, 5.41) is 11.3. The molecule has 0 radical (unpaired) electrons. The van der Waals surface area contributed by atoms with Crippen LogP contribution in [0.5, 0.6) is 0 Å². The Kier molecular flexibility index (Phi) is 15.6. The third-order valence-corrected chi connectivity index (χ3v) is 11.3. The number of para-hydroxylation sites is 2. The Morgan fingerprint density at radius 2 is 1.16 bits per heavy atom. The fourth-order valence-electron chi connectivity index (χ4n) is 7.85. The Morgan fingerprint density at radius 3 is 1.69 bits per heavy atom. The summed E-state index contributed by atoms with van der Waals surface area (Å²) in [7, 11) is 1.36. The molecule has 5 aromatic carbocycles. The summed E-state index contributed by atoms with van der Waals surface area (Å²) in [6, 6.07) is 33.9. The van der Waals surface area contributed by atoms with Crippen molar-refractivity contribution in [2.75, 3.05) is 7.11 Å². The summed E-state index contributed by atoms with van der Waals surface area (Å²) >= 11 is 5.93. The number of rotatable bonds is 9. The number of carboxylic acids is 1. The van der Waals surface area contributed by atoms with Gasteiger partial charge in [0.25, 0.3) is 6.33 Å². The fourth-order valence-corrected chi connectivity index (χ4v) is 8.07. The van der Waals surface area contributed by atoms with Crippen LogP contribution in [0.15, 0.2) is 134 Å². The number of halogens is 2. The van der Waals surface area contributed by atoms with Crippen molar-refractivity contribution in [3.8, 4) is 22.5 Å².